The van der Waals surface area contributed by atoms with Crippen LogP contribution in [0.4, 0.5) is 0 Å². The average Bonchev–Trinajstić information content (AvgIpc) is 3.78. The molecule has 0 bridgehead atoms. The van der Waals surface area contributed by atoms with Crippen LogP contribution < -0.4 is 0 Å². The molecule has 4 heteroatoms. The molecule has 2 aromatic heterocycles. The summed E-state index contributed by atoms with van der Waals surface area (Å²) in [5.74, 6) is 1.80. The predicted molar refractivity (Wildman–Crippen MR) is 256 cm³/mol. The van der Waals surface area contributed by atoms with Crippen LogP contribution in [-0.2, 0) is 5.41 Å². The molecule has 0 amide bonds. The normalized spacial score (nSPS) is 12.8. The number of hydrogen-bond donors (Lipinski definition) is 0. The van der Waals surface area contributed by atoms with E-state index in [1.807, 2.05) is 12.1 Å². The zero-order valence-corrected chi connectivity index (χ0v) is 34.4. The minimum atomic E-state index is -0.135. The van der Waals surface area contributed by atoms with Gasteiger partial charge in [-0.05, 0) is 79.0 Å². The van der Waals surface area contributed by atoms with Gasteiger partial charge in [0.05, 0.1) is 11.0 Å². The third kappa shape index (κ3) is 5.79. The molecule has 2 heterocycles. The van der Waals surface area contributed by atoms with Crippen molar-refractivity contribution < 1.29 is 0 Å². The Hall–Kier alpha value is -7.95. The van der Waals surface area contributed by atoms with E-state index in [-0.39, 0.29) is 5.41 Å². The molecule has 0 unspecified atom stereocenters. The van der Waals surface area contributed by atoms with Gasteiger partial charge in [0.2, 0.25) is 5.95 Å². The number of aromatic nitrogens is 4. The smallest absolute Gasteiger partial charge is 0.238 e. The second-order valence-electron chi connectivity index (χ2n) is 16.9. The van der Waals surface area contributed by atoms with E-state index >= 15 is 0 Å². The fraction of sp³-hybridized carbons (Fsp3) is 0.0517. The molecule has 0 aliphatic heterocycles. The van der Waals surface area contributed by atoms with Crippen LogP contribution in [0, 0.1) is 0 Å². The number of rotatable bonds is 6. The third-order valence-electron chi connectivity index (χ3n) is 12.9. The van der Waals surface area contributed by atoms with Crippen molar-refractivity contribution in [2.45, 2.75) is 19.3 Å². The highest BCUT2D eigenvalue weighted by Crippen LogP contribution is 2.50. The molecule has 62 heavy (non-hydrogen) atoms. The van der Waals surface area contributed by atoms with Crippen LogP contribution >= 0.6 is 0 Å². The fourth-order valence-corrected chi connectivity index (χ4v) is 9.67. The van der Waals surface area contributed by atoms with Crippen molar-refractivity contribution in [2.75, 3.05) is 0 Å². The highest BCUT2D eigenvalue weighted by Gasteiger charge is 2.35. The molecule has 0 fully saturated rings. The van der Waals surface area contributed by atoms with Gasteiger partial charge in [-0.25, -0.2) is 4.98 Å². The zero-order valence-electron chi connectivity index (χ0n) is 34.4. The zero-order chi connectivity index (χ0) is 41.4. The largest absolute Gasteiger partial charge is 0.277 e. The molecule has 292 valence electrons. The maximum absolute atomic E-state index is 5.40. The Labute approximate surface area is 360 Å². The van der Waals surface area contributed by atoms with Crippen molar-refractivity contribution in [3.05, 3.63) is 217 Å². The Morgan fingerprint density at radius 3 is 1.50 bits per heavy atom. The molecule has 4 nitrogen and oxygen atoms in total. The van der Waals surface area contributed by atoms with Gasteiger partial charge >= 0.3 is 0 Å². The first-order valence-electron chi connectivity index (χ1n) is 21.3. The maximum atomic E-state index is 5.40. The van der Waals surface area contributed by atoms with Crippen molar-refractivity contribution >= 4 is 32.6 Å². The van der Waals surface area contributed by atoms with E-state index in [1.54, 1.807) is 0 Å². The Morgan fingerprint density at radius 2 is 0.855 bits per heavy atom. The lowest BCUT2D eigenvalue weighted by atomic mass is 9.81. The van der Waals surface area contributed by atoms with E-state index in [4.69, 9.17) is 15.0 Å². The summed E-state index contributed by atoms with van der Waals surface area (Å²) in [5, 5.41) is 4.65. The first kappa shape index (κ1) is 35.9. The summed E-state index contributed by atoms with van der Waals surface area (Å²) >= 11 is 0. The van der Waals surface area contributed by atoms with E-state index in [0.717, 1.165) is 60.6 Å². The van der Waals surface area contributed by atoms with Gasteiger partial charge < -0.3 is 0 Å². The van der Waals surface area contributed by atoms with Gasteiger partial charge in [-0.3, -0.25) is 4.57 Å². The van der Waals surface area contributed by atoms with E-state index in [0.29, 0.717) is 17.6 Å². The maximum Gasteiger partial charge on any atom is 0.238 e. The van der Waals surface area contributed by atoms with Crippen molar-refractivity contribution in [1.82, 2.24) is 19.5 Å². The van der Waals surface area contributed by atoms with Gasteiger partial charge in [-0.1, -0.05) is 202 Å². The monoisotopic (exact) mass is 792 g/mol. The number of para-hydroxylation sites is 1. The Kier molecular flexibility index (Phi) is 8.16. The summed E-state index contributed by atoms with van der Waals surface area (Å²) in [5.41, 5.74) is 16.0. The molecule has 1 aliphatic carbocycles. The second-order valence-corrected chi connectivity index (χ2v) is 16.9. The van der Waals surface area contributed by atoms with Crippen molar-refractivity contribution in [3.8, 4) is 73.2 Å². The van der Waals surface area contributed by atoms with Crippen molar-refractivity contribution in [2.24, 2.45) is 0 Å². The Balaban J connectivity index is 1.11. The summed E-state index contributed by atoms with van der Waals surface area (Å²) in [6.07, 6.45) is 0. The van der Waals surface area contributed by atoms with Crippen LogP contribution in [-0.4, -0.2) is 19.5 Å². The average molecular weight is 793 g/mol. The summed E-state index contributed by atoms with van der Waals surface area (Å²) < 4.78 is 2.28. The molecule has 9 aromatic carbocycles. The third-order valence-corrected chi connectivity index (χ3v) is 12.9. The number of nitrogens with zero attached hydrogens (tertiary/aromatic N) is 4. The summed E-state index contributed by atoms with van der Waals surface area (Å²) in [7, 11) is 0. The molecule has 0 N–H and O–H groups in total. The molecule has 0 radical (unpaired) electrons. The van der Waals surface area contributed by atoms with E-state index in [9.17, 15) is 0 Å². The summed E-state index contributed by atoms with van der Waals surface area (Å²) in [6.45, 7) is 4.69. The molecular weight excluding hydrogens is 753 g/mol. The summed E-state index contributed by atoms with van der Waals surface area (Å²) in [6, 6.07) is 73.8. The van der Waals surface area contributed by atoms with E-state index in [1.165, 1.54) is 38.8 Å². The molecule has 1 aliphatic rings. The van der Waals surface area contributed by atoms with Crippen LogP contribution in [0.5, 0.6) is 0 Å². The van der Waals surface area contributed by atoms with Gasteiger partial charge in [0.25, 0.3) is 0 Å². The SMILES string of the molecule is CC1(C)c2ccccc2-c2ccc(-c3cccc4c5cc6ccccc6cc5n(-c5nc(-c6ccc(-c7ccccc7)cc6)nc(-c6ccc(-c7ccccc7)cc6)n5)c34)cc21. The van der Waals surface area contributed by atoms with Gasteiger partial charge in [-0.2, -0.15) is 9.97 Å². The van der Waals surface area contributed by atoms with Crippen LogP contribution in [0.2, 0.25) is 0 Å². The minimum absolute atomic E-state index is 0.135. The lowest BCUT2D eigenvalue weighted by molar-refractivity contribution is 0.660. The Morgan fingerprint density at radius 1 is 0.355 bits per heavy atom. The van der Waals surface area contributed by atoms with Crippen LogP contribution in [0.3, 0.4) is 0 Å². The first-order valence-corrected chi connectivity index (χ1v) is 21.3. The lowest BCUT2D eigenvalue weighted by Crippen LogP contribution is -2.14. The van der Waals surface area contributed by atoms with Crippen LogP contribution in [0.25, 0.3) is 106 Å². The first-order chi connectivity index (χ1) is 30.5. The topological polar surface area (TPSA) is 43.6 Å². The molecule has 0 saturated heterocycles. The highest BCUT2D eigenvalue weighted by atomic mass is 15.2. The number of fused-ring (bicyclic) bond motifs is 7. The fourth-order valence-electron chi connectivity index (χ4n) is 9.67. The van der Waals surface area contributed by atoms with Gasteiger partial charge in [-0.15, -0.1) is 0 Å². The number of hydrogen-bond acceptors (Lipinski definition) is 3. The van der Waals surface area contributed by atoms with E-state index < -0.39 is 0 Å². The quantitative estimate of drug-likeness (QED) is 0.168. The lowest BCUT2D eigenvalue weighted by Gasteiger charge is -2.22. The van der Waals surface area contributed by atoms with Crippen molar-refractivity contribution in [1.29, 1.82) is 0 Å². The van der Waals surface area contributed by atoms with E-state index in [2.05, 4.69) is 213 Å². The molecule has 11 aromatic rings. The van der Waals surface area contributed by atoms with Gasteiger partial charge in [0, 0.05) is 32.9 Å². The number of benzene rings is 9. The van der Waals surface area contributed by atoms with Gasteiger partial charge in [0.1, 0.15) is 0 Å². The van der Waals surface area contributed by atoms with Crippen LogP contribution in [0.1, 0.15) is 25.0 Å². The Bertz CT molecular complexity index is 3410. The minimum Gasteiger partial charge on any atom is -0.277 e. The van der Waals surface area contributed by atoms with Gasteiger partial charge in [0.15, 0.2) is 11.6 Å². The molecular formula is C58H40N4. The van der Waals surface area contributed by atoms with Crippen LogP contribution in [0.15, 0.2) is 206 Å². The highest BCUT2D eigenvalue weighted by molar-refractivity contribution is 6.17. The standard InChI is InChI=1S/C58H40N4/c1-58(2)51-23-12-11-20-47(51)48-33-32-45(35-52(48)58)46-21-13-22-49-50-34-43-18-9-10-19-44(43)36-53(50)62(54(46)49)57-60-55(41-28-24-39(25-29-41)37-14-5-3-6-15-37)59-56(61-57)42-30-26-40(27-31-42)38-16-7-4-8-17-38/h3-36H,1-2H3. The molecule has 0 spiro atoms. The molecule has 0 atom stereocenters. The van der Waals surface area contributed by atoms with Crippen molar-refractivity contribution in [3.63, 3.8) is 0 Å². The molecule has 0 saturated carbocycles. The molecule has 12 rings (SSSR count). The summed E-state index contributed by atoms with van der Waals surface area (Å²) in [4.78, 5) is 16.0. The second kappa shape index (κ2) is 14.1. The predicted octanol–water partition coefficient (Wildman–Crippen LogP) is 14.8.